The summed E-state index contributed by atoms with van der Waals surface area (Å²) in [4.78, 5) is 36.5. The van der Waals surface area contributed by atoms with Crippen LogP contribution in [-0.4, -0.2) is 70.0 Å². The molecule has 0 aromatic rings. The first-order chi connectivity index (χ1) is 18.0. The number of carbonyl (C=O) groups excluding carboxylic acids is 2. The molecular weight excluding hydrogens is 509 g/mol. The van der Waals surface area contributed by atoms with Gasteiger partial charge in [0.25, 0.3) is 7.82 Å². The van der Waals surface area contributed by atoms with Crippen molar-refractivity contribution in [2.45, 2.75) is 123 Å². The number of quaternary nitrogens is 1. The second-order valence-corrected chi connectivity index (χ2v) is 12.5. The monoisotopic (exact) mass is 565 g/mol. The van der Waals surface area contributed by atoms with Crippen molar-refractivity contribution < 1.29 is 42.1 Å². The Balaban J connectivity index is 4.36. The third-order valence-electron chi connectivity index (χ3n) is 6.13. The van der Waals surface area contributed by atoms with Gasteiger partial charge in [-0.3, -0.25) is 14.2 Å². The molecule has 0 N–H and O–H groups in total. The van der Waals surface area contributed by atoms with Gasteiger partial charge in [0.1, 0.15) is 19.8 Å². The maximum absolute atomic E-state index is 12.2. The molecule has 0 amide bonds. The lowest BCUT2D eigenvalue weighted by atomic mass is 10.1. The smallest absolute Gasteiger partial charge is 0.306 e. The molecule has 0 saturated heterocycles. The fraction of sp³-hybridized carbons (Fsp3) is 0.929. The lowest BCUT2D eigenvalue weighted by molar-refractivity contribution is -0.870. The number of hydrogen-bond donors (Lipinski definition) is 0. The Morgan fingerprint density at radius 1 is 0.711 bits per heavy atom. The summed E-state index contributed by atoms with van der Waals surface area (Å²) in [5.74, 6) is -0.863. The number of unbranched alkanes of at least 4 members (excludes halogenated alkanes) is 12. The van der Waals surface area contributed by atoms with Crippen LogP contribution in [0.15, 0.2) is 0 Å². The van der Waals surface area contributed by atoms with E-state index in [4.69, 9.17) is 18.5 Å². The topological polar surface area (TPSA) is 111 Å². The largest absolute Gasteiger partial charge is 0.756 e. The summed E-state index contributed by atoms with van der Waals surface area (Å²) in [6.45, 7) is 3.99. The van der Waals surface area contributed by atoms with Crippen LogP contribution < -0.4 is 4.89 Å². The van der Waals surface area contributed by atoms with Gasteiger partial charge in [-0.05, 0) is 12.8 Å². The average molecular weight is 566 g/mol. The maximum atomic E-state index is 12.2. The van der Waals surface area contributed by atoms with Crippen LogP contribution in [-0.2, 0) is 32.7 Å². The molecule has 9 nitrogen and oxygen atoms in total. The number of rotatable bonds is 26. The number of nitrogens with zero attached hydrogens (tertiary/aromatic N) is 1. The molecular formula is C28H56NO8P. The lowest BCUT2D eigenvalue weighted by Gasteiger charge is -2.28. The fourth-order valence-corrected chi connectivity index (χ4v) is 4.44. The van der Waals surface area contributed by atoms with E-state index in [9.17, 15) is 19.0 Å². The molecule has 2 atom stereocenters. The summed E-state index contributed by atoms with van der Waals surface area (Å²) in [5.41, 5.74) is 0. The molecule has 0 rings (SSSR count). The molecule has 0 radical (unpaired) electrons. The number of phosphoric acid groups is 1. The number of phosphoric ester groups is 1. The molecule has 0 heterocycles. The summed E-state index contributed by atoms with van der Waals surface area (Å²) in [7, 11) is 1.16. The molecule has 0 bridgehead atoms. The van der Waals surface area contributed by atoms with Crippen molar-refractivity contribution in [1.82, 2.24) is 0 Å². The minimum Gasteiger partial charge on any atom is -0.756 e. The van der Waals surface area contributed by atoms with Gasteiger partial charge >= 0.3 is 11.9 Å². The summed E-state index contributed by atoms with van der Waals surface area (Å²) < 4.78 is 33.1. The van der Waals surface area contributed by atoms with Crippen LogP contribution in [0, 0.1) is 0 Å². The quantitative estimate of drug-likeness (QED) is 0.0549. The normalized spacial score (nSPS) is 14.2. The van der Waals surface area contributed by atoms with E-state index >= 15 is 0 Å². The van der Waals surface area contributed by atoms with Crippen molar-refractivity contribution in [1.29, 1.82) is 0 Å². The molecule has 0 aliphatic rings. The Morgan fingerprint density at radius 2 is 1.18 bits per heavy atom. The van der Waals surface area contributed by atoms with Gasteiger partial charge in [0, 0.05) is 12.8 Å². The van der Waals surface area contributed by atoms with Crippen molar-refractivity contribution >= 4 is 19.8 Å². The molecule has 0 spiro atoms. The van der Waals surface area contributed by atoms with Crippen molar-refractivity contribution in [3.63, 3.8) is 0 Å². The van der Waals surface area contributed by atoms with E-state index < -0.39 is 32.5 Å². The Kier molecular flexibility index (Phi) is 22.2. The average Bonchev–Trinajstić information content (AvgIpc) is 2.83. The van der Waals surface area contributed by atoms with Gasteiger partial charge < -0.3 is 27.9 Å². The van der Waals surface area contributed by atoms with Crippen LogP contribution in [0.3, 0.4) is 0 Å². The molecule has 0 aliphatic carbocycles. The second kappa shape index (κ2) is 22.8. The highest BCUT2D eigenvalue weighted by Gasteiger charge is 2.21. The number of esters is 2. The Morgan fingerprint density at radius 3 is 1.74 bits per heavy atom. The minimum absolute atomic E-state index is 0.0281. The van der Waals surface area contributed by atoms with Gasteiger partial charge in [0.2, 0.25) is 0 Å². The van der Waals surface area contributed by atoms with Crippen LogP contribution in [0.2, 0.25) is 0 Å². The zero-order valence-corrected chi connectivity index (χ0v) is 25.8. The third-order valence-corrected chi connectivity index (χ3v) is 7.09. The molecule has 0 aromatic carbocycles. The zero-order valence-electron chi connectivity index (χ0n) is 24.9. The number of likely N-dealkylation sites (N-methyl/N-ethyl adjacent to an activating group) is 1. The first-order valence-corrected chi connectivity index (χ1v) is 16.2. The van der Waals surface area contributed by atoms with Crippen LogP contribution in [0.4, 0.5) is 0 Å². The number of carbonyl (C=O) groups is 2. The molecule has 0 fully saturated rings. The predicted molar refractivity (Wildman–Crippen MR) is 148 cm³/mol. The van der Waals surface area contributed by atoms with Crippen LogP contribution in [0.1, 0.15) is 117 Å². The van der Waals surface area contributed by atoms with Crippen molar-refractivity contribution in [3.8, 4) is 0 Å². The van der Waals surface area contributed by atoms with Crippen LogP contribution in [0.5, 0.6) is 0 Å². The van der Waals surface area contributed by atoms with Gasteiger partial charge in [-0.1, -0.05) is 90.9 Å². The molecule has 10 heteroatoms. The van der Waals surface area contributed by atoms with E-state index in [1.54, 1.807) is 0 Å². The van der Waals surface area contributed by atoms with Gasteiger partial charge in [0.15, 0.2) is 6.10 Å². The maximum Gasteiger partial charge on any atom is 0.306 e. The highest BCUT2D eigenvalue weighted by atomic mass is 31.2. The van der Waals surface area contributed by atoms with E-state index in [-0.39, 0.29) is 26.1 Å². The summed E-state index contributed by atoms with van der Waals surface area (Å²) >= 11 is 0. The molecule has 226 valence electrons. The van der Waals surface area contributed by atoms with E-state index in [1.165, 1.54) is 51.4 Å². The van der Waals surface area contributed by atoms with Gasteiger partial charge in [0.05, 0.1) is 27.7 Å². The number of ether oxygens (including phenoxy) is 2. The van der Waals surface area contributed by atoms with Gasteiger partial charge in [-0.2, -0.15) is 0 Å². The van der Waals surface area contributed by atoms with Crippen LogP contribution in [0.25, 0.3) is 0 Å². The summed E-state index contributed by atoms with van der Waals surface area (Å²) in [6.07, 6.45) is 15.1. The lowest BCUT2D eigenvalue weighted by Crippen LogP contribution is -2.37. The van der Waals surface area contributed by atoms with Crippen molar-refractivity contribution in [3.05, 3.63) is 0 Å². The van der Waals surface area contributed by atoms with E-state index in [1.807, 2.05) is 28.1 Å². The Hall–Kier alpha value is -0.990. The Bertz CT molecular complexity index is 653. The fourth-order valence-electron chi connectivity index (χ4n) is 3.71. The summed E-state index contributed by atoms with van der Waals surface area (Å²) in [5, 5.41) is 0. The van der Waals surface area contributed by atoms with Crippen LogP contribution >= 0.6 is 7.82 Å². The molecule has 38 heavy (non-hydrogen) atoms. The first-order valence-electron chi connectivity index (χ1n) is 14.7. The highest BCUT2D eigenvalue weighted by Crippen LogP contribution is 2.38. The van der Waals surface area contributed by atoms with Gasteiger partial charge in [-0.15, -0.1) is 0 Å². The molecule has 0 aliphatic heterocycles. The van der Waals surface area contributed by atoms with Crippen molar-refractivity contribution in [2.24, 2.45) is 0 Å². The minimum atomic E-state index is -4.58. The number of hydrogen-bond acceptors (Lipinski definition) is 8. The second-order valence-electron chi connectivity index (χ2n) is 11.1. The van der Waals surface area contributed by atoms with E-state index in [2.05, 4.69) is 6.92 Å². The van der Waals surface area contributed by atoms with Crippen molar-refractivity contribution in [2.75, 3.05) is 47.5 Å². The zero-order chi connectivity index (χ0) is 28.7. The van der Waals surface area contributed by atoms with E-state index in [0.29, 0.717) is 17.4 Å². The SMILES string of the molecule is CCCCCCCCCCCCCC(=O)OCC(COP(=O)([O-])OCC[N+](C)(C)C)OC(=O)CCCCC. The highest BCUT2D eigenvalue weighted by molar-refractivity contribution is 7.45. The molecule has 2 unspecified atom stereocenters. The third kappa shape index (κ3) is 25.3. The van der Waals surface area contributed by atoms with E-state index in [0.717, 1.165) is 32.1 Å². The Labute approximate surface area is 232 Å². The standard InChI is InChI=1S/C28H56NO8P/c1-6-8-10-11-12-13-14-15-16-17-19-20-27(30)34-24-26(37-28(31)21-18-9-7-2)25-36-38(32,33)35-23-22-29(3,4)5/h26H,6-25H2,1-5H3. The predicted octanol–water partition coefficient (Wildman–Crippen LogP) is 5.93. The summed E-state index contributed by atoms with van der Waals surface area (Å²) in [6, 6.07) is 0. The van der Waals surface area contributed by atoms with Gasteiger partial charge in [-0.25, -0.2) is 0 Å². The molecule has 0 aromatic heterocycles. The first kappa shape index (κ1) is 37.0. The molecule has 0 saturated carbocycles.